The lowest BCUT2D eigenvalue weighted by Crippen LogP contribution is -1.97. The van der Waals surface area contributed by atoms with Crippen LogP contribution in [0.1, 0.15) is 5.01 Å². The van der Waals surface area contributed by atoms with E-state index in [-0.39, 0.29) is 0 Å². The van der Waals surface area contributed by atoms with Gasteiger partial charge in [0.05, 0.1) is 7.11 Å². The number of rotatable bonds is 4. The van der Waals surface area contributed by atoms with Crippen LogP contribution in [0.3, 0.4) is 0 Å². The average Bonchev–Trinajstić information content (AvgIpc) is 2.73. The molecule has 2 rings (SSSR count). The normalized spacial score (nSPS) is 10.1. The lowest BCUT2D eigenvalue weighted by atomic mass is 10.3. The highest BCUT2D eigenvalue weighted by atomic mass is 35.5. The molecule has 0 saturated carbocycles. The molecule has 1 heterocycles. The van der Waals surface area contributed by atoms with Crippen molar-refractivity contribution in [2.24, 2.45) is 0 Å². The summed E-state index contributed by atoms with van der Waals surface area (Å²) in [5.41, 5.74) is 0. The summed E-state index contributed by atoms with van der Waals surface area (Å²) in [7, 11) is 1.60. The second-order valence-electron chi connectivity index (χ2n) is 2.89. The van der Waals surface area contributed by atoms with Crippen LogP contribution in [0.25, 0.3) is 0 Å². The molecule has 0 saturated heterocycles. The van der Waals surface area contributed by atoms with Gasteiger partial charge in [-0.2, -0.15) is 0 Å². The molecule has 16 heavy (non-hydrogen) atoms. The highest BCUT2D eigenvalue weighted by Gasteiger charge is 2.06. The molecule has 0 aliphatic rings. The maximum atomic E-state index is 5.67. The Morgan fingerprint density at radius 3 is 2.62 bits per heavy atom. The largest absolute Gasteiger partial charge is 0.493 e. The minimum atomic E-state index is 0.338. The summed E-state index contributed by atoms with van der Waals surface area (Å²) >= 11 is 6.96. The van der Waals surface area contributed by atoms with Crippen molar-refractivity contribution in [2.45, 2.75) is 6.61 Å². The van der Waals surface area contributed by atoms with Crippen LogP contribution in [0.15, 0.2) is 24.3 Å². The minimum Gasteiger partial charge on any atom is -0.493 e. The Labute approximate surface area is 102 Å². The first-order chi connectivity index (χ1) is 7.79. The monoisotopic (exact) mass is 256 g/mol. The van der Waals surface area contributed by atoms with Crippen LogP contribution in [0.5, 0.6) is 11.5 Å². The molecule has 0 bridgehead atoms. The number of para-hydroxylation sites is 2. The van der Waals surface area contributed by atoms with Crippen LogP contribution in [-0.4, -0.2) is 17.3 Å². The van der Waals surface area contributed by atoms with Crippen LogP contribution in [0.2, 0.25) is 4.47 Å². The summed E-state index contributed by atoms with van der Waals surface area (Å²) in [6.07, 6.45) is 0. The van der Waals surface area contributed by atoms with Crippen molar-refractivity contribution in [3.63, 3.8) is 0 Å². The van der Waals surface area contributed by atoms with E-state index in [0.29, 0.717) is 22.6 Å². The van der Waals surface area contributed by atoms with Crippen molar-refractivity contribution >= 4 is 22.9 Å². The molecule has 1 aromatic heterocycles. The molecule has 0 aliphatic heterocycles. The van der Waals surface area contributed by atoms with Gasteiger partial charge in [-0.25, -0.2) is 0 Å². The number of aromatic nitrogens is 2. The zero-order valence-electron chi connectivity index (χ0n) is 8.51. The van der Waals surface area contributed by atoms with Crippen molar-refractivity contribution in [3.8, 4) is 11.5 Å². The molecule has 6 heteroatoms. The molecule has 1 aromatic carbocycles. The van der Waals surface area contributed by atoms with E-state index in [2.05, 4.69) is 10.2 Å². The number of benzene rings is 1. The van der Waals surface area contributed by atoms with E-state index < -0.39 is 0 Å². The third-order valence-electron chi connectivity index (χ3n) is 1.86. The molecule has 0 N–H and O–H groups in total. The lowest BCUT2D eigenvalue weighted by molar-refractivity contribution is 0.283. The first-order valence-corrected chi connectivity index (χ1v) is 5.72. The molecule has 0 aliphatic carbocycles. The molecule has 0 fully saturated rings. The zero-order valence-corrected chi connectivity index (χ0v) is 10.1. The van der Waals surface area contributed by atoms with Gasteiger partial charge in [-0.1, -0.05) is 23.5 Å². The summed E-state index contributed by atoms with van der Waals surface area (Å²) < 4.78 is 11.1. The van der Waals surface area contributed by atoms with Gasteiger partial charge in [-0.3, -0.25) is 0 Å². The summed E-state index contributed by atoms with van der Waals surface area (Å²) in [6.45, 7) is 0.338. The van der Waals surface area contributed by atoms with Gasteiger partial charge >= 0.3 is 0 Å². The Bertz CT molecular complexity index is 475. The first kappa shape index (κ1) is 11.2. The van der Waals surface area contributed by atoms with Crippen LogP contribution in [-0.2, 0) is 6.61 Å². The standard InChI is InChI=1S/C10H9ClN2O2S/c1-14-7-4-2-3-5-8(7)15-6-9-12-13-10(11)16-9/h2-5H,6H2,1H3. The predicted molar refractivity (Wildman–Crippen MR) is 62.2 cm³/mol. The third kappa shape index (κ3) is 2.62. The predicted octanol–water partition coefficient (Wildman–Crippen LogP) is 2.78. The van der Waals surface area contributed by atoms with E-state index in [0.717, 1.165) is 5.01 Å². The lowest BCUT2D eigenvalue weighted by Gasteiger charge is -2.08. The van der Waals surface area contributed by atoms with Crippen LogP contribution < -0.4 is 9.47 Å². The van der Waals surface area contributed by atoms with Crippen molar-refractivity contribution in [1.29, 1.82) is 0 Å². The number of hydrogen-bond donors (Lipinski definition) is 0. The van der Waals surface area contributed by atoms with E-state index in [1.807, 2.05) is 24.3 Å². The van der Waals surface area contributed by atoms with E-state index in [9.17, 15) is 0 Å². The zero-order chi connectivity index (χ0) is 11.4. The quantitative estimate of drug-likeness (QED) is 0.844. The molecule has 2 aromatic rings. The van der Waals surface area contributed by atoms with Gasteiger partial charge in [0, 0.05) is 0 Å². The van der Waals surface area contributed by atoms with Crippen molar-refractivity contribution in [1.82, 2.24) is 10.2 Å². The summed E-state index contributed by atoms with van der Waals surface area (Å²) in [5.74, 6) is 1.37. The molecular formula is C10H9ClN2O2S. The van der Waals surface area contributed by atoms with Crippen molar-refractivity contribution in [2.75, 3.05) is 7.11 Å². The minimum absolute atomic E-state index is 0.338. The van der Waals surface area contributed by atoms with Crippen molar-refractivity contribution < 1.29 is 9.47 Å². The molecule has 0 amide bonds. The fourth-order valence-corrected chi connectivity index (χ4v) is 1.95. The van der Waals surface area contributed by atoms with E-state index >= 15 is 0 Å². The fraction of sp³-hybridized carbons (Fsp3) is 0.200. The fourth-order valence-electron chi connectivity index (χ4n) is 1.17. The van der Waals surface area contributed by atoms with Gasteiger partial charge in [0.25, 0.3) is 0 Å². The highest BCUT2D eigenvalue weighted by molar-refractivity contribution is 7.15. The maximum Gasteiger partial charge on any atom is 0.207 e. The molecule has 0 unspecified atom stereocenters. The topological polar surface area (TPSA) is 44.2 Å². The second kappa shape index (κ2) is 5.14. The number of hydrogen-bond acceptors (Lipinski definition) is 5. The van der Waals surface area contributed by atoms with Gasteiger partial charge < -0.3 is 9.47 Å². The maximum absolute atomic E-state index is 5.67. The SMILES string of the molecule is COc1ccccc1OCc1nnc(Cl)s1. The molecule has 0 radical (unpaired) electrons. The molecule has 84 valence electrons. The van der Waals surface area contributed by atoms with E-state index in [1.165, 1.54) is 11.3 Å². The van der Waals surface area contributed by atoms with Gasteiger partial charge in [-0.15, -0.1) is 10.2 Å². The van der Waals surface area contributed by atoms with E-state index in [4.69, 9.17) is 21.1 Å². The number of halogens is 1. The number of ether oxygens (including phenoxy) is 2. The van der Waals surface area contributed by atoms with Crippen molar-refractivity contribution in [3.05, 3.63) is 33.7 Å². The van der Waals surface area contributed by atoms with Gasteiger partial charge in [0.1, 0.15) is 6.61 Å². The Morgan fingerprint density at radius 1 is 1.25 bits per heavy atom. The number of methoxy groups -OCH3 is 1. The molecule has 0 spiro atoms. The Morgan fingerprint density at radius 2 is 2.00 bits per heavy atom. The second-order valence-corrected chi connectivity index (χ2v) is 4.53. The average molecular weight is 257 g/mol. The summed E-state index contributed by atoms with van der Waals surface area (Å²) in [4.78, 5) is 0. The molecule has 4 nitrogen and oxygen atoms in total. The van der Waals surface area contributed by atoms with Crippen LogP contribution in [0, 0.1) is 0 Å². The Balaban J connectivity index is 2.04. The van der Waals surface area contributed by atoms with Crippen LogP contribution in [0.4, 0.5) is 0 Å². The summed E-state index contributed by atoms with van der Waals surface area (Å²) in [5, 5.41) is 8.28. The Hall–Kier alpha value is -1.33. The number of nitrogens with zero attached hydrogens (tertiary/aromatic N) is 2. The highest BCUT2D eigenvalue weighted by Crippen LogP contribution is 2.27. The van der Waals surface area contributed by atoms with Crippen LogP contribution >= 0.6 is 22.9 Å². The van der Waals surface area contributed by atoms with Gasteiger partial charge in [-0.05, 0) is 23.7 Å². The third-order valence-corrected chi connectivity index (χ3v) is 2.85. The van der Waals surface area contributed by atoms with Gasteiger partial charge in [0.2, 0.25) is 4.47 Å². The molecule has 0 atom stereocenters. The smallest absolute Gasteiger partial charge is 0.207 e. The van der Waals surface area contributed by atoms with E-state index in [1.54, 1.807) is 7.11 Å². The summed E-state index contributed by atoms with van der Waals surface area (Å²) in [6, 6.07) is 7.43. The molecular weight excluding hydrogens is 248 g/mol. The van der Waals surface area contributed by atoms with Gasteiger partial charge in [0.15, 0.2) is 16.5 Å². The Kier molecular flexibility index (Phi) is 3.58. The first-order valence-electron chi connectivity index (χ1n) is 4.53.